The lowest BCUT2D eigenvalue weighted by molar-refractivity contribution is 0.0951. The first-order valence-corrected chi connectivity index (χ1v) is 7.21. The minimum absolute atomic E-state index is 0.0715. The number of nitrogens with one attached hydrogen (secondary N) is 2. The number of amides is 1. The number of aromatic amines is 1. The van der Waals surface area contributed by atoms with Crippen molar-refractivity contribution in [3.8, 4) is 11.3 Å². The second-order valence-corrected chi connectivity index (χ2v) is 5.67. The molecule has 0 bridgehead atoms. The van der Waals surface area contributed by atoms with Crippen molar-refractivity contribution in [1.29, 1.82) is 0 Å². The van der Waals surface area contributed by atoms with E-state index in [9.17, 15) is 9.18 Å². The maximum Gasteiger partial charge on any atom is 0.253 e. The Balaban J connectivity index is 2.11. The Kier molecular flexibility index (Phi) is 4.78. The van der Waals surface area contributed by atoms with Gasteiger partial charge in [-0.3, -0.25) is 4.79 Å². The summed E-state index contributed by atoms with van der Waals surface area (Å²) in [6, 6.07) is 8.02. The second kappa shape index (κ2) is 6.57. The van der Waals surface area contributed by atoms with E-state index in [-0.39, 0.29) is 11.7 Å². The highest BCUT2D eigenvalue weighted by atomic mass is 19.1. The highest BCUT2D eigenvalue weighted by Crippen LogP contribution is 2.22. The summed E-state index contributed by atoms with van der Waals surface area (Å²) in [5.74, 6) is 0.221. The van der Waals surface area contributed by atoms with Gasteiger partial charge >= 0.3 is 0 Å². The first kappa shape index (κ1) is 15.3. The van der Waals surface area contributed by atoms with E-state index in [1.165, 1.54) is 12.1 Å². The predicted molar refractivity (Wildman–Crippen MR) is 82.7 cm³/mol. The number of hydrogen-bond donors (Lipinski definition) is 2. The summed E-state index contributed by atoms with van der Waals surface area (Å²) < 4.78 is 12.9. The third kappa shape index (κ3) is 3.94. The molecular weight excluding hydrogens is 267 g/mol. The molecular formula is C17H21FN2O. The normalized spacial score (nSPS) is 10.9. The number of halogens is 1. The van der Waals surface area contributed by atoms with Gasteiger partial charge in [0.1, 0.15) is 5.82 Å². The molecule has 2 aromatic rings. The van der Waals surface area contributed by atoms with Crippen molar-refractivity contribution >= 4 is 5.91 Å². The van der Waals surface area contributed by atoms with E-state index in [1.54, 1.807) is 12.1 Å². The number of benzene rings is 1. The molecule has 0 fully saturated rings. The molecule has 1 aromatic heterocycles. The van der Waals surface area contributed by atoms with Crippen LogP contribution in [0.25, 0.3) is 11.3 Å². The third-order valence-electron chi connectivity index (χ3n) is 3.42. The lowest BCUT2D eigenvalue weighted by Gasteiger charge is -2.06. The zero-order chi connectivity index (χ0) is 15.4. The van der Waals surface area contributed by atoms with Crippen LogP contribution >= 0.6 is 0 Å². The molecule has 0 radical (unpaired) electrons. The molecule has 112 valence electrons. The summed E-state index contributed by atoms with van der Waals surface area (Å²) in [5.41, 5.74) is 3.14. The van der Waals surface area contributed by atoms with E-state index in [4.69, 9.17) is 0 Å². The highest BCUT2D eigenvalue weighted by molar-refractivity contribution is 5.96. The van der Waals surface area contributed by atoms with Crippen LogP contribution in [0.1, 0.15) is 36.3 Å². The molecule has 0 aliphatic rings. The van der Waals surface area contributed by atoms with Gasteiger partial charge in [0.2, 0.25) is 0 Å². The highest BCUT2D eigenvalue weighted by Gasteiger charge is 2.13. The van der Waals surface area contributed by atoms with Crippen molar-refractivity contribution in [2.75, 3.05) is 6.54 Å². The van der Waals surface area contributed by atoms with Gasteiger partial charge in [0.05, 0.1) is 5.56 Å². The predicted octanol–water partition coefficient (Wildman–Crippen LogP) is 3.91. The van der Waals surface area contributed by atoms with Crippen molar-refractivity contribution in [2.24, 2.45) is 5.92 Å². The quantitative estimate of drug-likeness (QED) is 0.861. The molecule has 2 rings (SSSR count). The smallest absolute Gasteiger partial charge is 0.253 e. The van der Waals surface area contributed by atoms with Gasteiger partial charge < -0.3 is 10.3 Å². The summed E-state index contributed by atoms with van der Waals surface area (Å²) in [6.45, 7) is 6.79. The molecule has 3 nitrogen and oxygen atoms in total. The van der Waals surface area contributed by atoms with Gasteiger partial charge in [-0.15, -0.1) is 0 Å². The average Bonchev–Trinajstić information content (AvgIpc) is 2.81. The summed E-state index contributed by atoms with van der Waals surface area (Å²) in [5, 5.41) is 2.93. The first-order valence-electron chi connectivity index (χ1n) is 7.21. The summed E-state index contributed by atoms with van der Waals surface area (Å²) >= 11 is 0. The number of hydrogen-bond acceptors (Lipinski definition) is 1. The number of aryl methyl sites for hydroxylation is 1. The molecule has 0 spiro atoms. The fourth-order valence-electron chi connectivity index (χ4n) is 2.15. The zero-order valence-electron chi connectivity index (χ0n) is 12.7. The van der Waals surface area contributed by atoms with Gasteiger partial charge in [-0.05, 0) is 55.2 Å². The van der Waals surface area contributed by atoms with Crippen molar-refractivity contribution in [2.45, 2.75) is 27.2 Å². The van der Waals surface area contributed by atoms with Gasteiger partial charge in [-0.1, -0.05) is 13.8 Å². The molecule has 0 saturated carbocycles. The maximum atomic E-state index is 12.9. The molecule has 4 heteroatoms. The van der Waals surface area contributed by atoms with Crippen LogP contribution in [0, 0.1) is 18.7 Å². The lowest BCUT2D eigenvalue weighted by atomic mass is 10.1. The van der Waals surface area contributed by atoms with Crippen molar-refractivity contribution in [3.05, 3.63) is 47.4 Å². The average molecular weight is 288 g/mol. The van der Waals surface area contributed by atoms with Crippen LogP contribution in [0.5, 0.6) is 0 Å². The van der Waals surface area contributed by atoms with Crippen LogP contribution in [0.4, 0.5) is 4.39 Å². The Morgan fingerprint density at radius 3 is 2.57 bits per heavy atom. The molecule has 0 atom stereocenters. The van der Waals surface area contributed by atoms with Crippen LogP contribution in [-0.2, 0) is 0 Å². The van der Waals surface area contributed by atoms with Gasteiger partial charge in [-0.2, -0.15) is 0 Å². The van der Waals surface area contributed by atoms with E-state index >= 15 is 0 Å². The molecule has 1 amide bonds. The fraction of sp³-hybridized carbons (Fsp3) is 0.353. The minimum atomic E-state index is -0.270. The standard InChI is InChI=1S/C17H21FN2O/c1-11(2)8-9-19-17(21)15-10-16(20-12(15)3)13-4-6-14(18)7-5-13/h4-7,10-11,20H,8-9H2,1-3H3,(H,19,21). The van der Waals surface area contributed by atoms with Crippen LogP contribution in [0.3, 0.4) is 0 Å². The molecule has 2 N–H and O–H groups in total. The van der Waals surface area contributed by atoms with E-state index in [2.05, 4.69) is 24.1 Å². The minimum Gasteiger partial charge on any atom is -0.358 e. The van der Waals surface area contributed by atoms with Crippen LogP contribution in [-0.4, -0.2) is 17.4 Å². The lowest BCUT2D eigenvalue weighted by Crippen LogP contribution is -2.25. The molecule has 0 aliphatic carbocycles. The fourth-order valence-corrected chi connectivity index (χ4v) is 2.15. The van der Waals surface area contributed by atoms with Crippen molar-refractivity contribution < 1.29 is 9.18 Å². The summed E-state index contributed by atoms with van der Waals surface area (Å²) in [7, 11) is 0. The zero-order valence-corrected chi connectivity index (χ0v) is 12.7. The first-order chi connectivity index (χ1) is 9.97. The second-order valence-electron chi connectivity index (χ2n) is 5.67. The van der Waals surface area contributed by atoms with Crippen LogP contribution < -0.4 is 5.32 Å². The molecule has 1 heterocycles. The number of carbonyl (C=O) groups is 1. The Morgan fingerprint density at radius 1 is 1.29 bits per heavy atom. The Labute approximate surface area is 124 Å². The number of rotatable bonds is 5. The van der Waals surface area contributed by atoms with Crippen molar-refractivity contribution in [1.82, 2.24) is 10.3 Å². The monoisotopic (exact) mass is 288 g/mol. The maximum absolute atomic E-state index is 12.9. The largest absolute Gasteiger partial charge is 0.358 e. The van der Waals surface area contributed by atoms with Crippen LogP contribution in [0.15, 0.2) is 30.3 Å². The molecule has 21 heavy (non-hydrogen) atoms. The summed E-state index contributed by atoms with van der Waals surface area (Å²) in [6.07, 6.45) is 0.958. The van der Waals surface area contributed by atoms with E-state index in [0.717, 1.165) is 23.4 Å². The molecule has 1 aromatic carbocycles. The number of aromatic nitrogens is 1. The number of H-pyrrole nitrogens is 1. The summed E-state index contributed by atoms with van der Waals surface area (Å²) in [4.78, 5) is 15.3. The van der Waals surface area contributed by atoms with E-state index < -0.39 is 0 Å². The van der Waals surface area contributed by atoms with Gasteiger partial charge in [0.15, 0.2) is 0 Å². The van der Waals surface area contributed by atoms with E-state index in [0.29, 0.717) is 18.0 Å². The number of carbonyl (C=O) groups excluding carboxylic acids is 1. The Morgan fingerprint density at radius 2 is 1.95 bits per heavy atom. The van der Waals surface area contributed by atoms with Crippen molar-refractivity contribution in [3.63, 3.8) is 0 Å². The SMILES string of the molecule is Cc1[nH]c(-c2ccc(F)cc2)cc1C(=O)NCCC(C)C. The van der Waals surface area contributed by atoms with Gasteiger partial charge in [0, 0.05) is 17.9 Å². The van der Waals surface area contributed by atoms with Gasteiger partial charge in [0.25, 0.3) is 5.91 Å². The van der Waals surface area contributed by atoms with E-state index in [1.807, 2.05) is 13.0 Å². The third-order valence-corrected chi connectivity index (χ3v) is 3.42. The van der Waals surface area contributed by atoms with Gasteiger partial charge in [-0.25, -0.2) is 4.39 Å². The van der Waals surface area contributed by atoms with Crippen LogP contribution in [0.2, 0.25) is 0 Å². The molecule has 0 unspecified atom stereocenters. The molecule has 0 saturated heterocycles. The Hall–Kier alpha value is -2.10. The topological polar surface area (TPSA) is 44.9 Å². The Bertz CT molecular complexity index is 614. The molecule has 0 aliphatic heterocycles.